The van der Waals surface area contributed by atoms with Gasteiger partial charge in [0.1, 0.15) is 5.03 Å². The molecule has 0 bridgehead atoms. The van der Waals surface area contributed by atoms with Crippen molar-refractivity contribution in [1.29, 1.82) is 0 Å². The lowest BCUT2D eigenvalue weighted by molar-refractivity contribution is -0.122. The highest BCUT2D eigenvalue weighted by Gasteiger charge is 2.10. The van der Waals surface area contributed by atoms with Crippen LogP contribution in [0.25, 0.3) is 0 Å². The van der Waals surface area contributed by atoms with Gasteiger partial charge in [-0.05, 0) is 24.3 Å². The molecule has 2 amide bonds. The van der Waals surface area contributed by atoms with E-state index >= 15 is 0 Å². The average molecular weight is 372 g/mol. The summed E-state index contributed by atoms with van der Waals surface area (Å²) in [5.41, 5.74) is 0.0998. The van der Waals surface area contributed by atoms with Gasteiger partial charge in [0.05, 0.1) is 17.3 Å². The molecule has 0 aliphatic rings. The lowest BCUT2D eigenvalue weighted by Crippen LogP contribution is -2.33. The van der Waals surface area contributed by atoms with Gasteiger partial charge in [0, 0.05) is 18.0 Å². The van der Waals surface area contributed by atoms with Gasteiger partial charge in [0.25, 0.3) is 0 Å². The summed E-state index contributed by atoms with van der Waals surface area (Å²) >= 11 is 7.05. The van der Waals surface area contributed by atoms with Crippen LogP contribution in [0.3, 0.4) is 0 Å². The molecule has 0 aliphatic heterocycles. The van der Waals surface area contributed by atoms with Gasteiger partial charge in [-0.15, -0.1) is 0 Å². The average Bonchev–Trinajstić information content (AvgIpc) is 2.55. The molecule has 24 heavy (non-hydrogen) atoms. The molecule has 9 heteroatoms. The maximum atomic E-state index is 13.0. The molecular formula is C15H12ClF2N3O2S. The second-order valence-corrected chi connectivity index (χ2v) is 5.90. The number of pyridine rings is 1. The van der Waals surface area contributed by atoms with Crippen LogP contribution in [-0.2, 0) is 9.59 Å². The second-order valence-electron chi connectivity index (χ2n) is 4.53. The standard InChI is InChI=1S/C15H12ClF2N3O2S/c16-10-2-1-5-19-15(10)24-8-14(23)20-7-13(22)21-9-3-4-11(17)12(18)6-9/h1-6H,7-8H2,(H,20,23)(H,21,22). The Morgan fingerprint density at radius 1 is 1.17 bits per heavy atom. The Labute approximate surface area is 145 Å². The lowest BCUT2D eigenvalue weighted by Gasteiger charge is -2.07. The summed E-state index contributed by atoms with van der Waals surface area (Å²) in [6.07, 6.45) is 1.56. The molecule has 0 spiro atoms. The molecule has 126 valence electrons. The van der Waals surface area contributed by atoms with Crippen molar-refractivity contribution >= 4 is 40.9 Å². The van der Waals surface area contributed by atoms with Crippen molar-refractivity contribution in [2.24, 2.45) is 0 Å². The van der Waals surface area contributed by atoms with Crippen LogP contribution >= 0.6 is 23.4 Å². The number of anilines is 1. The predicted octanol–water partition coefficient (Wildman–Crippen LogP) is 2.86. The Morgan fingerprint density at radius 2 is 1.96 bits per heavy atom. The lowest BCUT2D eigenvalue weighted by atomic mass is 10.3. The van der Waals surface area contributed by atoms with Crippen molar-refractivity contribution in [1.82, 2.24) is 10.3 Å². The highest BCUT2D eigenvalue weighted by molar-refractivity contribution is 8.00. The molecule has 1 aromatic heterocycles. The van der Waals surface area contributed by atoms with Gasteiger partial charge < -0.3 is 10.6 Å². The number of carbonyl (C=O) groups is 2. The fourth-order valence-electron chi connectivity index (χ4n) is 1.62. The molecule has 0 atom stereocenters. The van der Waals surface area contributed by atoms with E-state index in [1.807, 2.05) is 0 Å². The minimum absolute atomic E-state index is 0.0369. The van der Waals surface area contributed by atoms with Crippen molar-refractivity contribution in [3.63, 3.8) is 0 Å². The fourth-order valence-corrected chi connectivity index (χ4v) is 2.62. The van der Waals surface area contributed by atoms with Gasteiger partial charge in [-0.2, -0.15) is 0 Å². The first kappa shape index (κ1) is 18.2. The van der Waals surface area contributed by atoms with E-state index in [4.69, 9.17) is 11.6 Å². The molecule has 0 radical (unpaired) electrons. The maximum absolute atomic E-state index is 13.0. The van der Waals surface area contributed by atoms with E-state index in [0.29, 0.717) is 10.0 Å². The van der Waals surface area contributed by atoms with E-state index in [1.54, 1.807) is 18.3 Å². The normalized spacial score (nSPS) is 10.3. The molecule has 0 fully saturated rings. The molecule has 2 N–H and O–H groups in total. The Balaban J connectivity index is 1.76. The first-order valence-electron chi connectivity index (χ1n) is 6.70. The summed E-state index contributed by atoms with van der Waals surface area (Å²) in [7, 11) is 0. The molecule has 0 saturated carbocycles. The molecule has 2 aromatic rings. The Kier molecular flexibility index (Phi) is 6.51. The van der Waals surface area contributed by atoms with Crippen molar-refractivity contribution < 1.29 is 18.4 Å². The number of amides is 2. The van der Waals surface area contributed by atoms with E-state index in [1.165, 1.54) is 6.07 Å². The van der Waals surface area contributed by atoms with E-state index in [-0.39, 0.29) is 23.9 Å². The van der Waals surface area contributed by atoms with Gasteiger partial charge in [-0.3, -0.25) is 9.59 Å². The van der Waals surface area contributed by atoms with Gasteiger partial charge in [0.15, 0.2) is 11.6 Å². The van der Waals surface area contributed by atoms with Crippen LogP contribution in [0.15, 0.2) is 41.6 Å². The van der Waals surface area contributed by atoms with Gasteiger partial charge in [-0.25, -0.2) is 13.8 Å². The Bertz CT molecular complexity index is 761. The number of hydrogen-bond acceptors (Lipinski definition) is 4. The summed E-state index contributed by atoms with van der Waals surface area (Å²) in [6.45, 7) is -0.297. The molecule has 1 heterocycles. The number of halogens is 3. The van der Waals surface area contributed by atoms with Crippen LogP contribution < -0.4 is 10.6 Å². The maximum Gasteiger partial charge on any atom is 0.243 e. The predicted molar refractivity (Wildman–Crippen MR) is 88.0 cm³/mol. The zero-order chi connectivity index (χ0) is 17.5. The van der Waals surface area contributed by atoms with Gasteiger partial charge in [-0.1, -0.05) is 23.4 Å². The monoisotopic (exact) mass is 371 g/mol. The molecule has 0 unspecified atom stereocenters. The molecule has 5 nitrogen and oxygen atoms in total. The summed E-state index contributed by atoms with van der Waals surface area (Å²) in [5, 5.41) is 5.71. The van der Waals surface area contributed by atoms with E-state index < -0.39 is 17.5 Å². The van der Waals surface area contributed by atoms with Crippen molar-refractivity contribution in [2.75, 3.05) is 17.6 Å². The highest BCUT2D eigenvalue weighted by Crippen LogP contribution is 2.23. The number of benzene rings is 1. The van der Waals surface area contributed by atoms with Crippen LogP contribution in [0, 0.1) is 11.6 Å². The Morgan fingerprint density at radius 3 is 2.67 bits per heavy atom. The number of aromatic nitrogens is 1. The van der Waals surface area contributed by atoms with Crippen LogP contribution in [0.1, 0.15) is 0 Å². The number of thioether (sulfide) groups is 1. The third-order valence-electron chi connectivity index (χ3n) is 2.71. The van der Waals surface area contributed by atoms with Gasteiger partial charge >= 0.3 is 0 Å². The minimum atomic E-state index is -1.07. The summed E-state index contributed by atoms with van der Waals surface area (Å²) in [4.78, 5) is 27.4. The van der Waals surface area contributed by atoms with E-state index in [9.17, 15) is 18.4 Å². The minimum Gasteiger partial charge on any atom is -0.346 e. The van der Waals surface area contributed by atoms with Crippen molar-refractivity contribution in [3.8, 4) is 0 Å². The smallest absolute Gasteiger partial charge is 0.243 e. The van der Waals surface area contributed by atoms with Crippen molar-refractivity contribution in [3.05, 3.63) is 53.2 Å². The van der Waals surface area contributed by atoms with Gasteiger partial charge in [0.2, 0.25) is 11.8 Å². The first-order valence-corrected chi connectivity index (χ1v) is 8.07. The van der Waals surface area contributed by atoms with E-state index in [2.05, 4.69) is 15.6 Å². The number of nitrogens with zero attached hydrogens (tertiary/aromatic N) is 1. The van der Waals surface area contributed by atoms with Crippen LogP contribution in [-0.4, -0.2) is 29.1 Å². The zero-order valence-corrected chi connectivity index (χ0v) is 13.8. The van der Waals surface area contributed by atoms with Crippen molar-refractivity contribution in [2.45, 2.75) is 5.03 Å². The Hall–Kier alpha value is -2.19. The molecule has 0 aliphatic carbocycles. The molecule has 0 saturated heterocycles. The van der Waals surface area contributed by atoms with E-state index in [0.717, 1.165) is 23.9 Å². The summed E-state index contributed by atoms with van der Waals surface area (Å²) in [5.74, 6) is -2.99. The number of hydrogen-bond donors (Lipinski definition) is 2. The fraction of sp³-hybridized carbons (Fsp3) is 0.133. The summed E-state index contributed by atoms with van der Waals surface area (Å²) in [6, 6.07) is 6.31. The SMILES string of the molecule is O=C(CSc1ncccc1Cl)NCC(=O)Nc1ccc(F)c(F)c1. The number of carbonyl (C=O) groups excluding carboxylic acids is 2. The molecule has 1 aromatic carbocycles. The zero-order valence-electron chi connectivity index (χ0n) is 12.2. The molecular weight excluding hydrogens is 360 g/mol. The first-order chi connectivity index (χ1) is 11.5. The highest BCUT2D eigenvalue weighted by atomic mass is 35.5. The molecule has 2 rings (SSSR count). The topological polar surface area (TPSA) is 71.1 Å². The van der Waals surface area contributed by atoms with Crippen LogP contribution in [0.5, 0.6) is 0 Å². The number of rotatable bonds is 6. The second kappa shape index (κ2) is 8.60. The largest absolute Gasteiger partial charge is 0.346 e. The third-order valence-corrected chi connectivity index (χ3v) is 4.14. The number of nitrogens with one attached hydrogen (secondary N) is 2. The summed E-state index contributed by atoms with van der Waals surface area (Å²) < 4.78 is 25.8. The van der Waals surface area contributed by atoms with Crippen LogP contribution in [0.2, 0.25) is 5.02 Å². The van der Waals surface area contributed by atoms with Crippen LogP contribution in [0.4, 0.5) is 14.5 Å². The third kappa shape index (κ3) is 5.47. The quantitative estimate of drug-likeness (QED) is 0.766.